The summed E-state index contributed by atoms with van der Waals surface area (Å²) < 4.78 is 41.4. The van der Waals surface area contributed by atoms with Crippen LogP contribution in [0.2, 0.25) is 0 Å². The third kappa shape index (κ3) is 3.89. The SMILES string of the molecule is Cc1c(C(=O)/C=C/c2ccc(O)cc2)nnn1-c1ccnc2c(C(F)(F)F)cccc12. The summed E-state index contributed by atoms with van der Waals surface area (Å²) in [5.74, 6) is -0.299. The van der Waals surface area contributed by atoms with Gasteiger partial charge in [0.05, 0.1) is 22.5 Å². The summed E-state index contributed by atoms with van der Waals surface area (Å²) in [5, 5.41) is 17.5. The Labute approximate surface area is 174 Å². The van der Waals surface area contributed by atoms with Gasteiger partial charge in [-0.3, -0.25) is 9.78 Å². The van der Waals surface area contributed by atoms with E-state index in [0.717, 1.165) is 6.07 Å². The molecular weight excluding hydrogens is 409 g/mol. The van der Waals surface area contributed by atoms with E-state index >= 15 is 0 Å². The quantitative estimate of drug-likeness (QED) is 0.378. The highest BCUT2D eigenvalue weighted by Crippen LogP contribution is 2.35. The van der Waals surface area contributed by atoms with Gasteiger partial charge < -0.3 is 5.11 Å². The molecule has 0 atom stereocenters. The first-order chi connectivity index (χ1) is 14.8. The predicted molar refractivity (Wildman–Crippen MR) is 108 cm³/mol. The third-order valence-corrected chi connectivity index (χ3v) is 4.73. The number of aromatic nitrogens is 4. The molecule has 31 heavy (non-hydrogen) atoms. The van der Waals surface area contributed by atoms with Crippen molar-refractivity contribution in [1.29, 1.82) is 0 Å². The second-order valence-corrected chi connectivity index (χ2v) is 6.75. The van der Waals surface area contributed by atoms with Gasteiger partial charge in [0.15, 0.2) is 5.69 Å². The number of aromatic hydroxyl groups is 1. The zero-order chi connectivity index (χ0) is 22.2. The molecule has 0 bridgehead atoms. The number of rotatable bonds is 4. The molecule has 0 aliphatic carbocycles. The summed E-state index contributed by atoms with van der Waals surface area (Å²) in [4.78, 5) is 16.5. The Kier molecular flexibility index (Phi) is 5.02. The third-order valence-electron chi connectivity index (χ3n) is 4.73. The number of halogens is 3. The fraction of sp³-hybridized carbons (Fsp3) is 0.0909. The van der Waals surface area contributed by atoms with Crippen LogP contribution in [-0.4, -0.2) is 30.9 Å². The van der Waals surface area contributed by atoms with Crippen LogP contribution in [0.5, 0.6) is 5.75 Å². The lowest BCUT2D eigenvalue weighted by Crippen LogP contribution is -2.08. The number of pyridine rings is 1. The number of nitrogens with zero attached hydrogens (tertiary/aromatic N) is 4. The molecule has 0 saturated carbocycles. The minimum absolute atomic E-state index is 0.0759. The highest BCUT2D eigenvalue weighted by atomic mass is 19.4. The number of para-hydroxylation sites is 1. The average molecular weight is 424 g/mol. The number of fused-ring (bicyclic) bond motifs is 1. The van der Waals surface area contributed by atoms with E-state index < -0.39 is 17.5 Å². The topological polar surface area (TPSA) is 80.9 Å². The van der Waals surface area contributed by atoms with Gasteiger partial charge in [-0.1, -0.05) is 35.6 Å². The van der Waals surface area contributed by atoms with Crippen LogP contribution in [0, 0.1) is 6.92 Å². The molecule has 6 nitrogen and oxygen atoms in total. The van der Waals surface area contributed by atoms with Crippen molar-refractivity contribution in [2.24, 2.45) is 0 Å². The lowest BCUT2D eigenvalue weighted by atomic mass is 10.1. The number of hydrogen-bond donors (Lipinski definition) is 1. The van der Waals surface area contributed by atoms with Crippen molar-refractivity contribution in [3.8, 4) is 11.4 Å². The predicted octanol–water partition coefficient (Wildman–Crippen LogP) is 4.74. The zero-order valence-electron chi connectivity index (χ0n) is 16.1. The van der Waals surface area contributed by atoms with Crippen LogP contribution >= 0.6 is 0 Å². The van der Waals surface area contributed by atoms with E-state index in [-0.39, 0.29) is 22.3 Å². The van der Waals surface area contributed by atoms with Crippen molar-refractivity contribution in [3.63, 3.8) is 0 Å². The van der Waals surface area contributed by atoms with Gasteiger partial charge in [-0.05, 0) is 42.8 Å². The van der Waals surface area contributed by atoms with E-state index in [0.29, 0.717) is 16.9 Å². The molecule has 4 rings (SSSR count). The maximum absolute atomic E-state index is 13.3. The number of ketones is 1. The fourth-order valence-corrected chi connectivity index (χ4v) is 3.20. The molecule has 0 amide bonds. The van der Waals surface area contributed by atoms with Crippen molar-refractivity contribution >= 4 is 22.8 Å². The lowest BCUT2D eigenvalue weighted by Gasteiger charge is -2.12. The number of alkyl halides is 3. The van der Waals surface area contributed by atoms with Crippen molar-refractivity contribution < 1.29 is 23.1 Å². The van der Waals surface area contributed by atoms with Gasteiger partial charge in [-0.2, -0.15) is 13.2 Å². The van der Waals surface area contributed by atoms with E-state index in [4.69, 9.17) is 0 Å². The van der Waals surface area contributed by atoms with Gasteiger partial charge in [-0.15, -0.1) is 5.10 Å². The molecule has 0 unspecified atom stereocenters. The summed E-state index contributed by atoms with van der Waals surface area (Å²) in [6, 6.07) is 11.6. The molecule has 2 aromatic carbocycles. The maximum atomic E-state index is 13.3. The largest absolute Gasteiger partial charge is 0.508 e. The Morgan fingerprint density at radius 3 is 2.55 bits per heavy atom. The first kappa shape index (κ1) is 20.3. The van der Waals surface area contributed by atoms with E-state index in [2.05, 4.69) is 15.3 Å². The minimum atomic E-state index is -4.55. The van der Waals surface area contributed by atoms with Crippen LogP contribution in [0.25, 0.3) is 22.7 Å². The Morgan fingerprint density at radius 2 is 1.84 bits per heavy atom. The average Bonchev–Trinajstić information content (AvgIpc) is 3.12. The van der Waals surface area contributed by atoms with Crippen molar-refractivity contribution in [2.45, 2.75) is 13.1 Å². The summed E-state index contributed by atoms with van der Waals surface area (Å²) in [6.45, 7) is 1.61. The second kappa shape index (κ2) is 7.67. The van der Waals surface area contributed by atoms with E-state index in [1.54, 1.807) is 25.1 Å². The van der Waals surface area contributed by atoms with Crippen LogP contribution in [0.15, 0.2) is 60.8 Å². The molecule has 156 valence electrons. The first-order valence-electron chi connectivity index (χ1n) is 9.15. The lowest BCUT2D eigenvalue weighted by molar-refractivity contribution is -0.136. The Morgan fingerprint density at radius 1 is 1.10 bits per heavy atom. The number of benzene rings is 2. The number of allylic oxidation sites excluding steroid dienone is 1. The summed E-state index contributed by atoms with van der Waals surface area (Å²) >= 11 is 0. The molecule has 0 spiro atoms. The summed E-state index contributed by atoms with van der Waals surface area (Å²) in [7, 11) is 0. The van der Waals surface area contributed by atoms with Gasteiger partial charge in [0.1, 0.15) is 5.75 Å². The van der Waals surface area contributed by atoms with Crippen LogP contribution in [0.1, 0.15) is 27.3 Å². The number of hydrogen-bond acceptors (Lipinski definition) is 5. The normalized spacial score (nSPS) is 12.0. The molecule has 1 N–H and O–H groups in total. The monoisotopic (exact) mass is 424 g/mol. The van der Waals surface area contributed by atoms with Gasteiger partial charge in [-0.25, -0.2) is 4.68 Å². The molecule has 2 aromatic heterocycles. The number of phenolic OH excluding ortho intramolecular Hbond substituents is 1. The minimum Gasteiger partial charge on any atom is -0.508 e. The maximum Gasteiger partial charge on any atom is 0.418 e. The molecule has 0 saturated heterocycles. The van der Waals surface area contributed by atoms with Crippen LogP contribution in [-0.2, 0) is 6.18 Å². The molecule has 2 heterocycles. The molecule has 0 radical (unpaired) electrons. The molecular formula is C22H15F3N4O2. The van der Waals surface area contributed by atoms with Crippen molar-refractivity contribution in [2.75, 3.05) is 0 Å². The van der Waals surface area contributed by atoms with Gasteiger partial charge in [0, 0.05) is 11.6 Å². The molecule has 4 aromatic rings. The summed E-state index contributed by atoms with van der Waals surface area (Å²) in [5.41, 5.74) is 0.441. The first-order valence-corrected chi connectivity index (χ1v) is 9.15. The molecule has 0 aliphatic heterocycles. The fourth-order valence-electron chi connectivity index (χ4n) is 3.20. The highest BCUT2D eigenvalue weighted by molar-refractivity contribution is 6.06. The molecule has 0 fully saturated rings. The molecule has 9 heteroatoms. The number of carbonyl (C=O) groups excluding carboxylic acids is 1. The number of carbonyl (C=O) groups is 1. The van der Waals surface area contributed by atoms with Gasteiger partial charge in [0.2, 0.25) is 5.78 Å². The second-order valence-electron chi connectivity index (χ2n) is 6.75. The Hall–Kier alpha value is -4.01. The smallest absolute Gasteiger partial charge is 0.418 e. The Balaban J connectivity index is 1.72. The van der Waals surface area contributed by atoms with Crippen molar-refractivity contribution in [1.82, 2.24) is 20.0 Å². The summed E-state index contributed by atoms with van der Waals surface area (Å²) in [6.07, 6.45) is -0.402. The van der Waals surface area contributed by atoms with Crippen LogP contribution in [0.3, 0.4) is 0 Å². The molecule has 0 aliphatic rings. The van der Waals surface area contributed by atoms with E-state index in [1.165, 1.54) is 47.3 Å². The standard InChI is InChI=1S/C22H15F3N4O2/c1-13-20(19(31)10-7-14-5-8-15(30)9-6-14)27-28-29(13)18-11-12-26-21-16(18)3-2-4-17(21)22(23,24)25/h2-12,30H,1H3/b10-7+. The van der Waals surface area contributed by atoms with E-state index in [1.807, 2.05) is 0 Å². The van der Waals surface area contributed by atoms with Gasteiger partial charge >= 0.3 is 6.18 Å². The van der Waals surface area contributed by atoms with E-state index in [9.17, 15) is 23.1 Å². The number of phenols is 1. The van der Waals surface area contributed by atoms with Gasteiger partial charge in [0.25, 0.3) is 0 Å². The van der Waals surface area contributed by atoms with Crippen LogP contribution < -0.4 is 0 Å². The van der Waals surface area contributed by atoms with Crippen LogP contribution in [0.4, 0.5) is 13.2 Å². The van der Waals surface area contributed by atoms with Crippen molar-refractivity contribution in [3.05, 3.63) is 83.3 Å². The zero-order valence-corrected chi connectivity index (χ0v) is 16.1. The Bertz CT molecular complexity index is 1310. The highest BCUT2D eigenvalue weighted by Gasteiger charge is 2.33.